The van der Waals surface area contributed by atoms with E-state index in [1.807, 2.05) is 0 Å². The van der Waals surface area contributed by atoms with Gasteiger partial charge in [0, 0.05) is 12.8 Å². The minimum atomic E-state index is -4.76. The minimum Gasteiger partial charge on any atom is -0.462 e. The number of phosphoric ester groups is 1. The normalized spacial score (nSPS) is 12.9. The lowest BCUT2D eigenvalue weighted by Gasteiger charge is -2.18. The zero-order valence-electron chi connectivity index (χ0n) is 33.2. The second-order valence-electron chi connectivity index (χ2n) is 13.9. The van der Waals surface area contributed by atoms with Crippen molar-refractivity contribution in [2.24, 2.45) is 0 Å². The molecule has 0 amide bonds. The average molecular weight is 753 g/mol. The van der Waals surface area contributed by atoms with Crippen LogP contribution < -0.4 is 0 Å². The van der Waals surface area contributed by atoms with E-state index in [0.29, 0.717) is 12.8 Å². The fourth-order valence-corrected chi connectivity index (χ4v) is 6.10. The van der Waals surface area contributed by atoms with E-state index in [9.17, 15) is 14.2 Å². The van der Waals surface area contributed by atoms with E-state index in [1.165, 1.54) is 77.0 Å². The number of allylic oxidation sites excluding steroid dienone is 8. The summed E-state index contributed by atoms with van der Waals surface area (Å²) in [6.07, 6.45) is 46.9. The Hall–Kier alpha value is -1.99. The van der Waals surface area contributed by atoms with Gasteiger partial charge in [-0.05, 0) is 70.6 Å². The molecule has 0 bridgehead atoms. The number of hydrogen-bond acceptors (Lipinski definition) is 6. The molecular formula is C43H77O8P. The lowest BCUT2D eigenvalue weighted by Crippen LogP contribution is -2.29. The Balaban J connectivity index is 3.93. The summed E-state index contributed by atoms with van der Waals surface area (Å²) < 4.78 is 26.4. The maximum Gasteiger partial charge on any atom is 0.469 e. The van der Waals surface area contributed by atoms with Gasteiger partial charge in [0.15, 0.2) is 6.10 Å². The highest BCUT2D eigenvalue weighted by atomic mass is 31.2. The predicted molar refractivity (Wildman–Crippen MR) is 216 cm³/mol. The van der Waals surface area contributed by atoms with Crippen LogP contribution >= 0.6 is 7.82 Å². The molecule has 302 valence electrons. The van der Waals surface area contributed by atoms with Gasteiger partial charge in [-0.25, -0.2) is 4.57 Å². The predicted octanol–water partition coefficient (Wildman–Crippen LogP) is 12.7. The van der Waals surface area contributed by atoms with Gasteiger partial charge in [-0.3, -0.25) is 14.1 Å². The van der Waals surface area contributed by atoms with Gasteiger partial charge in [0.25, 0.3) is 0 Å². The zero-order chi connectivity index (χ0) is 38.2. The Morgan fingerprint density at radius 3 is 1.40 bits per heavy atom. The fourth-order valence-electron chi connectivity index (χ4n) is 5.73. The van der Waals surface area contributed by atoms with E-state index in [0.717, 1.165) is 77.0 Å². The molecule has 9 heteroatoms. The van der Waals surface area contributed by atoms with Crippen molar-refractivity contribution in [3.05, 3.63) is 48.6 Å². The molecule has 0 aliphatic heterocycles. The maximum atomic E-state index is 12.4. The van der Waals surface area contributed by atoms with Gasteiger partial charge in [0.2, 0.25) is 0 Å². The Bertz CT molecular complexity index is 984. The Labute approximate surface area is 318 Å². The van der Waals surface area contributed by atoms with Crippen molar-refractivity contribution in [1.82, 2.24) is 0 Å². The van der Waals surface area contributed by atoms with E-state index in [1.54, 1.807) is 0 Å². The Kier molecular flexibility index (Phi) is 37.2. The van der Waals surface area contributed by atoms with Crippen LogP contribution in [0.2, 0.25) is 0 Å². The number of carbonyl (C=O) groups excluding carboxylic acids is 2. The third-order valence-corrected chi connectivity index (χ3v) is 9.32. The average Bonchev–Trinajstić information content (AvgIpc) is 3.11. The first-order valence-corrected chi connectivity index (χ1v) is 22.5. The standard InChI is InChI=1S/C43H77O8P/c1-3-5-7-9-11-13-15-17-19-20-21-22-24-25-27-29-31-33-35-37-42(44)49-39-41(40-50-52(46,47)48)51-43(45)38-36-34-32-30-28-26-23-18-16-14-12-10-8-6-4-2/h6,8,12,14,18,20-21,23,41H,3-5,7,9-11,13,15-17,19,22,24-40H2,1-2H3,(H2,46,47,48)/b8-6-,14-12-,21-20-,23-18-/t41-/m1/s1. The molecule has 0 rings (SSSR count). The van der Waals surface area contributed by atoms with Crippen LogP contribution in [0.4, 0.5) is 0 Å². The molecule has 0 aromatic heterocycles. The van der Waals surface area contributed by atoms with Gasteiger partial charge < -0.3 is 19.3 Å². The summed E-state index contributed by atoms with van der Waals surface area (Å²) in [6, 6.07) is 0. The van der Waals surface area contributed by atoms with Crippen molar-refractivity contribution >= 4 is 19.8 Å². The van der Waals surface area contributed by atoms with Crippen LogP contribution in [-0.4, -0.2) is 41.0 Å². The summed E-state index contributed by atoms with van der Waals surface area (Å²) in [4.78, 5) is 42.8. The van der Waals surface area contributed by atoms with Crippen molar-refractivity contribution < 1.29 is 37.9 Å². The van der Waals surface area contributed by atoms with Gasteiger partial charge in [-0.2, -0.15) is 0 Å². The molecule has 0 spiro atoms. The molecule has 0 saturated carbocycles. The van der Waals surface area contributed by atoms with Gasteiger partial charge in [0.1, 0.15) is 6.61 Å². The van der Waals surface area contributed by atoms with Crippen molar-refractivity contribution in [2.75, 3.05) is 13.2 Å². The summed E-state index contributed by atoms with van der Waals surface area (Å²) in [5, 5.41) is 0. The first-order chi connectivity index (χ1) is 25.3. The van der Waals surface area contributed by atoms with Gasteiger partial charge in [0.05, 0.1) is 6.61 Å². The van der Waals surface area contributed by atoms with E-state index < -0.39 is 32.5 Å². The van der Waals surface area contributed by atoms with Crippen LogP contribution in [0.3, 0.4) is 0 Å². The van der Waals surface area contributed by atoms with Crippen LogP contribution in [0.15, 0.2) is 48.6 Å². The molecule has 0 aliphatic carbocycles. The molecule has 0 heterocycles. The molecule has 0 fully saturated rings. The van der Waals surface area contributed by atoms with Gasteiger partial charge in [-0.15, -0.1) is 0 Å². The lowest BCUT2D eigenvalue weighted by molar-refractivity contribution is -0.161. The zero-order valence-corrected chi connectivity index (χ0v) is 34.1. The molecule has 1 atom stereocenters. The highest BCUT2D eigenvalue weighted by molar-refractivity contribution is 7.46. The highest BCUT2D eigenvalue weighted by Gasteiger charge is 2.22. The van der Waals surface area contributed by atoms with Gasteiger partial charge >= 0.3 is 19.8 Å². The molecule has 0 radical (unpaired) electrons. The van der Waals surface area contributed by atoms with Crippen LogP contribution in [0.25, 0.3) is 0 Å². The molecular weight excluding hydrogens is 675 g/mol. The topological polar surface area (TPSA) is 119 Å². The van der Waals surface area contributed by atoms with Crippen LogP contribution in [0.5, 0.6) is 0 Å². The summed E-state index contributed by atoms with van der Waals surface area (Å²) in [7, 11) is -4.76. The summed E-state index contributed by atoms with van der Waals surface area (Å²) in [5.41, 5.74) is 0. The lowest BCUT2D eigenvalue weighted by atomic mass is 10.1. The number of carbonyl (C=O) groups is 2. The number of ether oxygens (including phenoxy) is 2. The van der Waals surface area contributed by atoms with Crippen molar-refractivity contribution in [1.29, 1.82) is 0 Å². The van der Waals surface area contributed by atoms with E-state index >= 15 is 0 Å². The van der Waals surface area contributed by atoms with E-state index in [4.69, 9.17) is 19.3 Å². The molecule has 0 saturated heterocycles. The van der Waals surface area contributed by atoms with E-state index in [-0.39, 0.29) is 19.4 Å². The summed E-state index contributed by atoms with van der Waals surface area (Å²) in [6.45, 7) is 3.56. The number of unbranched alkanes of at least 4 members (excludes halogenated alkanes) is 20. The Morgan fingerprint density at radius 2 is 0.923 bits per heavy atom. The minimum absolute atomic E-state index is 0.191. The van der Waals surface area contributed by atoms with Crippen molar-refractivity contribution in [3.8, 4) is 0 Å². The number of esters is 2. The summed E-state index contributed by atoms with van der Waals surface area (Å²) >= 11 is 0. The number of rotatable bonds is 38. The Morgan fingerprint density at radius 1 is 0.519 bits per heavy atom. The SMILES string of the molecule is CC/C=C\C/C=C\C/C=C\CCCCCCCC(=O)O[C@H](COC(=O)CCCCCCCCC/C=C\CCCCCCCCCC)COP(=O)(O)O. The molecule has 0 unspecified atom stereocenters. The van der Waals surface area contributed by atoms with Crippen molar-refractivity contribution in [3.63, 3.8) is 0 Å². The summed E-state index contributed by atoms with van der Waals surface area (Å²) in [5.74, 6) is -0.909. The molecule has 2 N–H and O–H groups in total. The molecule has 52 heavy (non-hydrogen) atoms. The molecule has 8 nitrogen and oxygen atoms in total. The van der Waals surface area contributed by atoms with Crippen LogP contribution in [0, 0.1) is 0 Å². The first-order valence-electron chi connectivity index (χ1n) is 20.9. The van der Waals surface area contributed by atoms with Crippen LogP contribution in [0.1, 0.15) is 194 Å². The fraction of sp³-hybridized carbons (Fsp3) is 0.767. The second-order valence-corrected chi connectivity index (χ2v) is 15.2. The van der Waals surface area contributed by atoms with Crippen molar-refractivity contribution in [2.45, 2.75) is 200 Å². The number of phosphoric acid groups is 1. The third kappa shape index (κ3) is 40.8. The third-order valence-electron chi connectivity index (χ3n) is 8.83. The largest absolute Gasteiger partial charge is 0.469 e. The van der Waals surface area contributed by atoms with Crippen LogP contribution in [-0.2, 0) is 28.2 Å². The van der Waals surface area contributed by atoms with E-state index in [2.05, 4.69) is 67.0 Å². The first kappa shape index (κ1) is 50.0. The van der Waals surface area contributed by atoms with Gasteiger partial charge in [-0.1, -0.05) is 159 Å². The number of hydrogen-bond donors (Lipinski definition) is 2. The smallest absolute Gasteiger partial charge is 0.462 e. The second kappa shape index (κ2) is 38.7. The molecule has 0 aromatic rings. The highest BCUT2D eigenvalue weighted by Crippen LogP contribution is 2.36. The monoisotopic (exact) mass is 753 g/mol. The molecule has 0 aromatic carbocycles. The molecule has 0 aliphatic rings. The quantitative estimate of drug-likeness (QED) is 0.0277. The maximum absolute atomic E-state index is 12.4.